The summed E-state index contributed by atoms with van der Waals surface area (Å²) in [6.45, 7) is 0.474. The van der Waals surface area contributed by atoms with Crippen molar-refractivity contribution < 1.29 is 14.3 Å². The second-order valence-corrected chi connectivity index (χ2v) is 6.14. The minimum Gasteiger partial charge on any atom is -0.469 e. The van der Waals surface area contributed by atoms with E-state index in [0.29, 0.717) is 19.0 Å². The fourth-order valence-corrected chi connectivity index (χ4v) is 3.40. The summed E-state index contributed by atoms with van der Waals surface area (Å²) in [5, 5.41) is 1.98. The third-order valence-corrected chi connectivity index (χ3v) is 4.65. The maximum Gasteiger partial charge on any atom is 0.307 e. The van der Waals surface area contributed by atoms with Gasteiger partial charge >= 0.3 is 5.97 Å². The molecule has 1 amide bonds. The lowest BCUT2D eigenvalue weighted by molar-refractivity contribution is -0.142. The largest absolute Gasteiger partial charge is 0.469 e. The molecule has 1 aromatic heterocycles. The molecule has 5 heteroatoms. The van der Waals surface area contributed by atoms with Crippen molar-refractivity contribution >= 4 is 23.2 Å². The van der Waals surface area contributed by atoms with Gasteiger partial charge in [0.15, 0.2) is 0 Å². The number of ether oxygens (including phenoxy) is 1. The van der Waals surface area contributed by atoms with E-state index >= 15 is 0 Å². The van der Waals surface area contributed by atoms with Crippen LogP contribution in [-0.2, 0) is 20.7 Å². The smallest absolute Gasteiger partial charge is 0.307 e. The highest BCUT2D eigenvalue weighted by molar-refractivity contribution is 7.10. The van der Waals surface area contributed by atoms with Crippen molar-refractivity contribution in [3.05, 3.63) is 22.4 Å². The Labute approximate surface area is 123 Å². The summed E-state index contributed by atoms with van der Waals surface area (Å²) in [7, 11) is 1.38. The van der Waals surface area contributed by atoms with Gasteiger partial charge in [-0.2, -0.15) is 0 Å². The molecule has 1 heterocycles. The van der Waals surface area contributed by atoms with E-state index < -0.39 is 0 Å². The molecule has 1 aliphatic carbocycles. The van der Waals surface area contributed by atoms with Gasteiger partial charge in [0.25, 0.3) is 0 Å². The number of methoxy groups -OCH3 is 1. The van der Waals surface area contributed by atoms with Crippen molar-refractivity contribution in [3.63, 3.8) is 0 Å². The second-order valence-electron chi connectivity index (χ2n) is 5.11. The van der Waals surface area contributed by atoms with Crippen molar-refractivity contribution in [2.24, 2.45) is 0 Å². The molecule has 0 bridgehead atoms. The minimum absolute atomic E-state index is 0.128. The highest BCUT2D eigenvalue weighted by Gasteiger charge is 2.27. The summed E-state index contributed by atoms with van der Waals surface area (Å²) in [6, 6.07) is 4.24. The summed E-state index contributed by atoms with van der Waals surface area (Å²) in [6.07, 6.45) is 5.17. The summed E-state index contributed by atoms with van der Waals surface area (Å²) >= 11 is 1.60. The van der Waals surface area contributed by atoms with Crippen LogP contribution >= 0.6 is 11.3 Å². The average molecular weight is 295 g/mol. The normalized spacial score (nSPS) is 15.2. The standard InChI is InChI=1S/C15H21NO3S/c1-19-15(18)8-9-16(12-5-2-3-6-12)14(17)11-13-7-4-10-20-13/h4,7,10,12H,2-3,5-6,8-9,11H2,1H3. The molecular weight excluding hydrogens is 274 g/mol. The first-order valence-corrected chi connectivity index (χ1v) is 7.97. The van der Waals surface area contributed by atoms with Crippen LogP contribution in [0.2, 0.25) is 0 Å². The Balaban J connectivity index is 1.97. The Bertz CT molecular complexity index is 438. The molecule has 0 unspecified atom stereocenters. The molecule has 1 aliphatic rings. The fraction of sp³-hybridized carbons (Fsp3) is 0.600. The molecule has 110 valence electrons. The van der Waals surface area contributed by atoms with Crippen molar-refractivity contribution in [2.45, 2.75) is 44.6 Å². The van der Waals surface area contributed by atoms with E-state index in [1.54, 1.807) is 11.3 Å². The number of carbonyl (C=O) groups excluding carboxylic acids is 2. The highest BCUT2D eigenvalue weighted by Crippen LogP contribution is 2.25. The van der Waals surface area contributed by atoms with Gasteiger partial charge in [-0.05, 0) is 24.3 Å². The van der Waals surface area contributed by atoms with Crippen LogP contribution in [0.1, 0.15) is 37.0 Å². The number of nitrogens with zero attached hydrogens (tertiary/aromatic N) is 1. The first kappa shape index (κ1) is 15.0. The zero-order valence-electron chi connectivity index (χ0n) is 11.8. The Hall–Kier alpha value is -1.36. The molecule has 1 saturated carbocycles. The number of esters is 1. The van der Waals surface area contributed by atoms with Crippen molar-refractivity contribution in [3.8, 4) is 0 Å². The summed E-state index contributed by atoms with van der Waals surface area (Å²) in [4.78, 5) is 26.8. The zero-order chi connectivity index (χ0) is 14.4. The van der Waals surface area contributed by atoms with E-state index in [9.17, 15) is 9.59 Å². The van der Waals surface area contributed by atoms with Crippen LogP contribution < -0.4 is 0 Å². The molecule has 1 fully saturated rings. The average Bonchev–Trinajstić information content (AvgIpc) is 3.12. The molecule has 0 aliphatic heterocycles. The molecule has 0 aromatic carbocycles. The van der Waals surface area contributed by atoms with E-state index in [1.165, 1.54) is 20.0 Å². The van der Waals surface area contributed by atoms with Gasteiger partial charge in [-0.1, -0.05) is 18.9 Å². The molecule has 0 spiro atoms. The van der Waals surface area contributed by atoms with Gasteiger partial charge in [-0.3, -0.25) is 9.59 Å². The van der Waals surface area contributed by atoms with Gasteiger partial charge in [0.05, 0.1) is 20.0 Å². The van der Waals surface area contributed by atoms with Crippen LogP contribution in [0, 0.1) is 0 Å². The number of hydrogen-bond donors (Lipinski definition) is 0. The summed E-state index contributed by atoms with van der Waals surface area (Å²) < 4.78 is 4.67. The minimum atomic E-state index is -0.253. The van der Waals surface area contributed by atoms with Gasteiger partial charge in [0.1, 0.15) is 0 Å². The molecule has 0 N–H and O–H groups in total. The lowest BCUT2D eigenvalue weighted by atomic mass is 10.1. The molecule has 0 saturated heterocycles. The second kappa shape index (κ2) is 7.43. The van der Waals surface area contributed by atoms with Gasteiger partial charge in [0, 0.05) is 17.5 Å². The molecular formula is C15H21NO3S. The molecule has 0 radical (unpaired) electrons. The quantitative estimate of drug-likeness (QED) is 0.758. The van der Waals surface area contributed by atoms with Crippen molar-refractivity contribution in [2.75, 3.05) is 13.7 Å². The Morgan fingerprint density at radius 3 is 2.75 bits per heavy atom. The molecule has 20 heavy (non-hydrogen) atoms. The summed E-state index contributed by atoms with van der Waals surface area (Å²) in [5.41, 5.74) is 0. The van der Waals surface area contributed by atoms with E-state index in [1.807, 2.05) is 22.4 Å². The van der Waals surface area contributed by atoms with Crippen LogP contribution in [-0.4, -0.2) is 36.5 Å². The summed E-state index contributed by atoms with van der Waals surface area (Å²) in [5.74, 6) is -0.125. The van der Waals surface area contributed by atoms with Gasteiger partial charge in [-0.25, -0.2) is 0 Å². The maximum atomic E-state index is 12.5. The monoisotopic (exact) mass is 295 g/mol. The van der Waals surface area contributed by atoms with E-state index in [0.717, 1.165) is 17.7 Å². The molecule has 1 aromatic rings. The maximum absolute atomic E-state index is 12.5. The number of rotatable bonds is 6. The number of carbonyl (C=O) groups is 2. The van der Waals surface area contributed by atoms with Crippen LogP contribution in [0.25, 0.3) is 0 Å². The first-order valence-electron chi connectivity index (χ1n) is 7.09. The topological polar surface area (TPSA) is 46.6 Å². The molecule has 4 nitrogen and oxygen atoms in total. The van der Waals surface area contributed by atoms with Crippen LogP contribution in [0.5, 0.6) is 0 Å². The van der Waals surface area contributed by atoms with Crippen LogP contribution in [0.3, 0.4) is 0 Å². The first-order chi connectivity index (χ1) is 9.70. The zero-order valence-corrected chi connectivity index (χ0v) is 12.7. The van der Waals surface area contributed by atoms with Crippen LogP contribution in [0.4, 0.5) is 0 Å². The van der Waals surface area contributed by atoms with Crippen molar-refractivity contribution in [1.29, 1.82) is 0 Å². The predicted octanol–water partition coefficient (Wildman–Crippen LogP) is 2.62. The van der Waals surface area contributed by atoms with Crippen molar-refractivity contribution in [1.82, 2.24) is 4.90 Å². The predicted molar refractivity (Wildman–Crippen MR) is 78.6 cm³/mol. The SMILES string of the molecule is COC(=O)CCN(C(=O)Cc1cccs1)C1CCCC1. The Morgan fingerprint density at radius 2 is 2.15 bits per heavy atom. The Morgan fingerprint density at radius 1 is 1.40 bits per heavy atom. The van der Waals surface area contributed by atoms with Gasteiger partial charge in [0.2, 0.25) is 5.91 Å². The highest BCUT2D eigenvalue weighted by atomic mass is 32.1. The Kier molecular flexibility index (Phi) is 5.59. The molecule has 0 atom stereocenters. The molecule has 2 rings (SSSR count). The lowest BCUT2D eigenvalue weighted by Crippen LogP contribution is -2.41. The third kappa shape index (κ3) is 4.07. The van der Waals surface area contributed by atoms with Gasteiger partial charge < -0.3 is 9.64 Å². The fourth-order valence-electron chi connectivity index (χ4n) is 2.70. The number of hydrogen-bond acceptors (Lipinski definition) is 4. The number of thiophene rings is 1. The number of amides is 1. The van der Waals surface area contributed by atoms with Gasteiger partial charge in [-0.15, -0.1) is 11.3 Å². The van der Waals surface area contributed by atoms with Crippen LogP contribution in [0.15, 0.2) is 17.5 Å². The van der Waals surface area contributed by atoms with E-state index in [2.05, 4.69) is 4.74 Å². The van der Waals surface area contributed by atoms with E-state index in [4.69, 9.17) is 0 Å². The third-order valence-electron chi connectivity index (χ3n) is 3.78. The van der Waals surface area contributed by atoms with E-state index in [-0.39, 0.29) is 18.3 Å². The lowest BCUT2D eigenvalue weighted by Gasteiger charge is -2.28.